The van der Waals surface area contributed by atoms with Crippen LogP contribution in [0.15, 0.2) is 72.8 Å². The number of rotatable bonds is 6. The normalized spacial score (nSPS) is 13.6. The first-order valence-corrected chi connectivity index (χ1v) is 14.5. The molecule has 9 heteroatoms. The van der Waals surface area contributed by atoms with Gasteiger partial charge in [-0.1, -0.05) is 47.5 Å². The predicted molar refractivity (Wildman–Crippen MR) is 159 cm³/mol. The first-order chi connectivity index (χ1) is 18.3. The Morgan fingerprint density at radius 1 is 0.763 bits per heavy atom. The number of halogens is 2. The summed E-state index contributed by atoms with van der Waals surface area (Å²) < 4.78 is 0. The topological polar surface area (TPSA) is 60.9 Å². The van der Waals surface area contributed by atoms with Gasteiger partial charge in [0.25, 0.3) is 0 Å². The standard InChI is InChI=1S/C17H19ClN2OS.C12H9ClO2S/c1-19-7-9-20(10-8-19)17(21)12-15-5-6-16(22-15)13-3-2-4-14(18)11-13;13-9-3-1-2-8(6-9)11-5-4-10(16-11)7-12(14)15/h2-6,11H,7-10,12H2,1H3;1-6H,7H2,(H,14,15). The molecular formula is C29H28Cl2N2O3S2. The van der Waals surface area contributed by atoms with E-state index in [9.17, 15) is 9.59 Å². The van der Waals surface area contributed by atoms with Gasteiger partial charge in [0.2, 0.25) is 5.91 Å². The van der Waals surface area contributed by atoms with Gasteiger partial charge < -0.3 is 14.9 Å². The molecule has 38 heavy (non-hydrogen) atoms. The molecule has 2 aromatic heterocycles. The van der Waals surface area contributed by atoms with E-state index >= 15 is 0 Å². The van der Waals surface area contributed by atoms with Gasteiger partial charge in [0.05, 0.1) is 12.8 Å². The van der Waals surface area contributed by atoms with Gasteiger partial charge in [0, 0.05) is 55.7 Å². The number of carboxylic acid groups (broad SMARTS) is 1. The van der Waals surface area contributed by atoms with Crippen LogP contribution in [0.5, 0.6) is 0 Å². The van der Waals surface area contributed by atoms with Crippen LogP contribution in [0, 0.1) is 0 Å². The maximum atomic E-state index is 12.4. The van der Waals surface area contributed by atoms with Crippen LogP contribution in [0.25, 0.3) is 20.9 Å². The van der Waals surface area contributed by atoms with Crippen molar-refractivity contribution < 1.29 is 14.7 Å². The van der Waals surface area contributed by atoms with Gasteiger partial charge >= 0.3 is 5.97 Å². The second-order valence-corrected chi connectivity index (χ2v) is 12.2. The molecule has 5 nitrogen and oxygen atoms in total. The van der Waals surface area contributed by atoms with Crippen molar-refractivity contribution in [2.75, 3.05) is 33.2 Å². The molecule has 0 atom stereocenters. The smallest absolute Gasteiger partial charge is 0.308 e. The number of carboxylic acids is 1. The molecule has 1 N–H and O–H groups in total. The minimum absolute atomic E-state index is 0.0746. The third-order valence-corrected chi connectivity index (χ3v) is 8.79. The highest BCUT2D eigenvalue weighted by Crippen LogP contribution is 2.31. The van der Waals surface area contributed by atoms with Crippen molar-refractivity contribution in [2.24, 2.45) is 0 Å². The van der Waals surface area contributed by atoms with Crippen molar-refractivity contribution >= 4 is 57.8 Å². The Hall–Kier alpha value is -2.68. The highest BCUT2D eigenvalue weighted by molar-refractivity contribution is 7.15. The Labute approximate surface area is 240 Å². The van der Waals surface area contributed by atoms with Crippen LogP contribution in [0.3, 0.4) is 0 Å². The summed E-state index contributed by atoms with van der Waals surface area (Å²) >= 11 is 15.1. The molecule has 1 aliphatic heterocycles. The van der Waals surface area contributed by atoms with Crippen LogP contribution >= 0.6 is 45.9 Å². The molecule has 0 bridgehead atoms. The number of thiophene rings is 2. The minimum atomic E-state index is -0.806. The highest BCUT2D eigenvalue weighted by Gasteiger charge is 2.19. The van der Waals surface area contributed by atoms with Gasteiger partial charge in [0.15, 0.2) is 0 Å². The van der Waals surface area contributed by atoms with E-state index in [-0.39, 0.29) is 12.3 Å². The third kappa shape index (κ3) is 8.16. The van der Waals surface area contributed by atoms with E-state index in [1.807, 2.05) is 65.6 Å². The number of nitrogens with zero attached hydrogens (tertiary/aromatic N) is 2. The molecular weight excluding hydrogens is 559 g/mol. The molecule has 2 aromatic carbocycles. The Bertz CT molecular complexity index is 1390. The Morgan fingerprint density at radius 2 is 1.26 bits per heavy atom. The molecule has 1 amide bonds. The van der Waals surface area contributed by atoms with E-state index in [2.05, 4.69) is 24.1 Å². The fraction of sp³-hybridized carbons (Fsp3) is 0.241. The Balaban J connectivity index is 0.000000186. The summed E-state index contributed by atoms with van der Waals surface area (Å²) in [5, 5.41) is 10.1. The lowest BCUT2D eigenvalue weighted by molar-refractivity contribution is -0.136. The Kier molecular flexibility index (Phi) is 9.99. The summed E-state index contributed by atoms with van der Waals surface area (Å²) in [7, 11) is 2.10. The third-order valence-electron chi connectivity index (χ3n) is 6.05. The average molecular weight is 588 g/mol. The van der Waals surface area contributed by atoms with Gasteiger partial charge in [-0.15, -0.1) is 22.7 Å². The van der Waals surface area contributed by atoms with Crippen LogP contribution in [-0.2, 0) is 22.4 Å². The number of hydrogen-bond acceptors (Lipinski definition) is 5. The molecule has 5 rings (SSSR count). The van der Waals surface area contributed by atoms with E-state index in [4.69, 9.17) is 28.3 Å². The summed E-state index contributed by atoms with van der Waals surface area (Å²) in [6, 6.07) is 23.2. The molecule has 3 heterocycles. The maximum Gasteiger partial charge on any atom is 0.308 e. The largest absolute Gasteiger partial charge is 0.481 e. The molecule has 1 fully saturated rings. The van der Waals surface area contributed by atoms with E-state index in [1.165, 1.54) is 11.3 Å². The van der Waals surface area contributed by atoms with Gasteiger partial charge in [-0.2, -0.15) is 0 Å². The van der Waals surface area contributed by atoms with Crippen molar-refractivity contribution in [1.82, 2.24) is 9.80 Å². The lowest BCUT2D eigenvalue weighted by atomic mass is 10.2. The summed E-state index contributed by atoms with van der Waals surface area (Å²) in [5.74, 6) is -0.577. The lowest BCUT2D eigenvalue weighted by Crippen LogP contribution is -2.47. The van der Waals surface area contributed by atoms with Crippen molar-refractivity contribution in [3.63, 3.8) is 0 Å². The van der Waals surface area contributed by atoms with E-state index in [1.54, 1.807) is 11.3 Å². The summed E-state index contributed by atoms with van der Waals surface area (Å²) in [6.45, 7) is 3.59. The number of carbonyl (C=O) groups is 2. The van der Waals surface area contributed by atoms with Gasteiger partial charge in [-0.3, -0.25) is 9.59 Å². The monoisotopic (exact) mass is 586 g/mol. The fourth-order valence-corrected chi connectivity index (χ4v) is 6.38. The second-order valence-electron chi connectivity index (χ2n) is 8.98. The fourth-order valence-electron chi connectivity index (χ4n) is 4.01. The predicted octanol–water partition coefficient (Wildman–Crippen LogP) is 7.08. The summed E-state index contributed by atoms with van der Waals surface area (Å²) in [5.41, 5.74) is 2.13. The molecule has 1 saturated heterocycles. The highest BCUT2D eigenvalue weighted by atomic mass is 35.5. The number of benzene rings is 2. The van der Waals surface area contributed by atoms with Crippen LogP contribution in [0.1, 0.15) is 9.75 Å². The number of aliphatic carboxylic acids is 1. The van der Waals surface area contributed by atoms with Crippen LogP contribution in [-0.4, -0.2) is 60.0 Å². The molecule has 4 aromatic rings. The zero-order chi connectivity index (χ0) is 27.1. The van der Waals surface area contributed by atoms with Crippen molar-refractivity contribution in [2.45, 2.75) is 12.8 Å². The van der Waals surface area contributed by atoms with Crippen molar-refractivity contribution in [1.29, 1.82) is 0 Å². The van der Waals surface area contributed by atoms with E-state index in [0.717, 1.165) is 61.8 Å². The molecule has 0 saturated carbocycles. The molecule has 0 aliphatic carbocycles. The lowest BCUT2D eigenvalue weighted by Gasteiger charge is -2.32. The summed E-state index contributed by atoms with van der Waals surface area (Å²) in [6.07, 6.45) is 0.570. The zero-order valence-electron chi connectivity index (χ0n) is 20.9. The second kappa shape index (κ2) is 13.4. The number of amides is 1. The summed E-state index contributed by atoms with van der Waals surface area (Å²) in [4.78, 5) is 31.3. The quantitative estimate of drug-likeness (QED) is 0.262. The average Bonchev–Trinajstić information content (AvgIpc) is 3.54. The Morgan fingerprint density at radius 3 is 1.74 bits per heavy atom. The number of piperazine rings is 1. The molecule has 0 spiro atoms. The van der Waals surface area contributed by atoms with Crippen molar-refractivity contribution in [3.8, 4) is 20.9 Å². The van der Waals surface area contributed by atoms with Gasteiger partial charge in [-0.05, 0) is 66.7 Å². The van der Waals surface area contributed by atoms with Crippen molar-refractivity contribution in [3.05, 3.63) is 92.6 Å². The number of carbonyl (C=O) groups excluding carboxylic acids is 1. The molecule has 0 radical (unpaired) electrons. The van der Waals surface area contributed by atoms with Gasteiger partial charge in [-0.25, -0.2) is 0 Å². The van der Waals surface area contributed by atoms with Crippen LogP contribution in [0.4, 0.5) is 0 Å². The van der Waals surface area contributed by atoms with E-state index < -0.39 is 5.97 Å². The first-order valence-electron chi connectivity index (χ1n) is 12.1. The molecule has 1 aliphatic rings. The zero-order valence-corrected chi connectivity index (χ0v) is 24.0. The number of hydrogen-bond donors (Lipinski definition) is 1. The SMILES string of the molecule is CN1CCN(C(=O)Cc2ccc(-c3cccc(Cl)c3)s2)CC1.O=C(O)Cc1ccc(-c2cccc(Cl)c2)s1. The number of likely N-dealkylation sites (N-methyl/N-ethyl adjacent to an activating group) is 1. The maximum absolute atomic E-state index is 12.4. The van der Waals surface area contributed by atoms with Crippen LogP contribution < -0.4 is 0 Å². The van der Waals surface area contributed by atoms with E-state index in [0.29, 0.717) is 11.4 Å². The van der Waals surface area contributed by atoms with Crippen LogP contribution in [0.2, 0.25) is 10.0 Å². The molecule has 0 unspecified atom stereocenters. The first kappa shape index (κ1) is 28.3. The minimum Gasteiger partial charge on any atom is -0.481 e. The molecule has 198 valence electrons. The van der Waals surface area contributed by atoms with Gasteiger partial charge in [0.1, 0.15) is 0 Å².